The minimum Gasteiger partial charge on any atom is -0.282 e. The predicted octanol–water partition coefficient (Wildman–Crippen LogP) is 5.65. The first-order valence-corrected chi connectivity index (χ1v) is 10.2. The molecule has 0 bridgehead atoms. The number of rotatable bonds is 11. The van der Waals surface area contributed by atoms with E-state index < -0.39 is 10.1 Å². The molecule has 22 heavy (non-hydrogen) atoms. The smallest absolute Gasteiger partial charge is 0.282 e. The molecule has 0 amide bonds. The van der Waals surface area contributed by atoms with Crippen LogP contribution in [0.5, 0.6) is 0 Å². The molecule has 0 fully saturated rings. The Morgan fingerprint density at radius 2 is 1.59 bits per heavy atom. The van der Waals surface area contributed by atoms with Gasteiger partial charge in [-0.2, -0.15) is 8.42 Å². The zero-order chi connectivity index (χ0) is 16.5. The second kappa shape index (κ2) is 9.51. The summed E-state index contributed by atoms with van der Waals surface area (Å²) in [5.74, 6) is 0. The van der Waals surface area contributed by atoms with Gasteiger partial charge in [-0.25, -0.2) is 0 Å². The van der Waals surface area contributed by atoms with E-state index in [1.807, 2.05) is 6.08 Å². The molecule has 1 atom stereocenters. The topological polar surface area (TPSA) is 54.4 Å². The van der Waals surface area contributed by atoms with E-state index in [0.717, 1.165) is 19.3 Å². The van der Waals surface area contributed by atoms with Crippen molar-refractivity contribution in [1.29, 1.82) is 0 Å². The molecule has 1 unspecified atom stereocenters. The highest BCUT2D eigenvalue weighted by Gasteiger charge is 2.26. The van der Waals surface area contributed by atoms with Crippen molar-refractivity contribution in [3.05, 3.63) is 23.1 Å². The van der Waals surface area contributed by atoms with Crippen LogP contribution in [-0.4, -0.2) is 13.0 Å². The quantitative estimate of drug-likeness (QED) is 0.393. The van der Waals surface area contributed by atoms with Crippen LogP contribution >= 0.6 is 0 Å². The largest absolute Gasteiger partial charge is 0.294 e. The number of hydrogen-bond donors (Lipinski definition) is 1. The SMILES string of the molecule is CCCCCCCCCCCC1(C)C=[14C](S(=O)(=O)O)C=CC1. The van der Waals surface area contributed by atoms with Gasteiger partial charge in [-0.05, 0) is 24.3 Å². The average molecular weight is 331 g/mol. The van der Waals surface area contributed by atoms with Gasteiger partial charge >= 0.3 is 0 Å². The van der Waals surface area contributed by atoms with Crippen molar-refractivity contribution in [2.24, 2.45) is 5.41 Å². The first kappa shape index (κ1) is 19.4. The summed E-state index contributed by atoms with van der Waals surface area (Å²) in [5.41, 5.74) is -0.138. The fourth-order valence-electron chi connectivity index (χ4n) is 3.07. The lowest BCUT2D eigenvalue weighted by atomic mass is 9.82. The van der Waals surface area contributed by atoms with Crippen LogP contribution in [0.1, 0.15) is 84.5 Å². The highest BCUT2D eigenvalue weighted by molar-refractivity contribution is 7.90. The van der Waals surface area contributed by atoms with Gasteiger partial charge in [0.15, 0.2) is 0 Å². The molecule has 0 aromatic rings. The Labute approximate surface area is 136 Å². The minimum atomic E-state index is -4.07. The van der Waals surface area contributed by atoms with E-state index in [4.69, 9.17) is 4.55 Å². The number of unbranched alkanes of at least 4 members (excludes halogenated alkanes) is 8. The van der Waals surface area contributed by atoms with E-state index in [2.05, 4.69) is 13.8 Å². The van der Waals surface area contributed by atoms with E-state index in [1.54, 1.807) is 6.08 Å². The zero-order valence-electron chi connectivity index (χ0n) is 14.2. The third-order valence-corrected chi connectivity index (χ3v) is 5.36. The Morgan fingerprint density at radius 3 is 2.14 bits per heavy atom. The second-order valence-corrected chi connectivity index (χ2v) is 8.28. The van der Waals surface area contributed by atoms with Crippen LogP contribution in [0.3, 0.4) is 0 Å². The van der Waals surface area contributed by atoms with Gasteiger partial charge in [-0.15, -0.1) is 0 Å². The lowest BCUT2D eigenvalue weighted by Gasteiger charge is -2.27. The molecular weight excluding hydrogens is 298 g/mol. The summed E-state index contributed by atoms with van der Waals surface area (Å²) in [5, 5.41) is 0. The standard InChI is InChI=1S/C18H32O3S/c1-3-4-5-6-7-8-9-10-11-14-18(2)15-12-13-17(16-18)22(19,20)21/h12-13,16H,3-11,14-15H2,1-2H3,(H,19,20,21)/i17+2. The maximum Gasteiger partial charge on any atom is 0.294 e. The van der Waals surface area contributed by atoms with Gasteiger partial charge in [-0.3, -0.25) is 4.55 Å². The van der Waals surface area contributed by atoms with E-state index in [-0.39, 0.29) is 10.3 Å². The van der Waals surface area contributed by atoms with Gasteiger partial charge in [0.05, 0.1) is 4.91 Å². The Morgan fingerprint density at radius 1 is 1.05 bits per heavy atom. The molecule has 1 N–H and O–H groups in total. The lowest BCUT2D eigenvalue weighted by Crippen LogP contribution is -2.17. The molecule has 0 saturated heterocycles. The molecule has 0 aromatic carbocycles. The summed E-state index contributed by atoms with van der Waals surface area (Å²) >= 11 is 0. The van der Waals surface area contributed by atoms with Crippen molar-refractivity contribution in [1.82, 2.24) is 0 Å². The molecule has 3 nitrogen and oxygen atoms in total. The van der Waals surface area contributed by atoms with E-state index in [9.17, 15) is 8.42 Å². The van der Waals surface area contributed by atoms with Crippen molar-refractivity contribution in [3.8, 4) is 0 Å². The van der Waals surface area contributed by atoms with Gasteiger partial charge in [0.1, 0.15) is 0 Å². The highest BCUT2D eigenvalue weighted by Crippen LogP contribution is 2.36. The Hall–Kier alpha value is -0.610. The predicted molar refractivity (Wildman–Crippen MR) is 93.3 cm³/mol. The van der Waals surface area contributed by atoms with Gasteiger partial charge < -0.3 is 0 Å². The minimum absolute atomic E-state index is 0.0529. The van der Waals surface area contributed by atoms with Gasteiger partial charge in [0.25, 0.3) is 10.1 Å². The zero-order valence-corrected chi connectivity index (χ0v) is 15.0. The maximum absolute atomic E-state index is 11.2. The Balaban J connectivity index is 2.22. The molecule has 1 rings (SSSR count). The monoisotopic (exact) mass is 330 g/mol. The van der Waals surface area contributed by atoms with E-state index >= 15 is 0 Å². The van der Waals surface area contributed by atoms with Crippen molar-refractivity contribution < 1.29 is 13.0 Å². The summed E-state index contributed by atoms with van der Waals surface area (Å²) in [6.45, 7) is 4.31. The van der Waals surface area contributed by atoms with E-state index in [0.29, 0.717) is 0 Å². The molecule has 1 aliphatic carbocycles. The van der Waals surface area contributed by atoms with E-state index in [1.165, 1.54) is 57.4 Å². The third kappa shape index (κ3) is 7.59. The molecule has 0 aromatic heterocycles. The van der Waals surface area contributed by atoms with Crippen molar-refractivity contribution in [3.63, 3.8) is 0 Å². The van der Waals surface area contributed by atoms with Crippen molar-refractivity contribution in [2.75, 3.05) is 0 Å². The Bertz CT molecular complexity index is 477. The molecular formula is C18H32O3S. The summed E-state index contributed by atoms with van der Waals surface area (Å²) in [4.78, 5) is 0.0529. The first-order chi connectivity index (χ1) is 10.4. The molecule has 0 spiro atoms. The summed E-state index contributed by atoms with van der Waals surface area (Å²) in [6, 6.07) is 0. The Kier molecular flexibility index (Phi) is 8.40. The molecule has 0 aliphatic heterocycles. The van der Waals surface area contributed by atoms with Crippen LogP contribution in [0.25, 0.3) is 0 Å². The van der Waals surface area contributed by atoms with Crippen molar-refractivity contribution in [2.45, 2.75) is 84.5 Å². The maximum atomic E-state index is 11.2. The van der Waals surface area contributed by atoms with Gasteiger partial charge in [-0.1, -0.05) is 83.8 Å². The van der Waals surface area contributed by atoms with Crippen LogP contribution in [0.15, 0.2) is 23.1 Å². The van der Waals surface area contributed by atoms with Crippen LogP contribution in [0.4, 0.5) is 0 Å². The van der Waals surface area contributed by atoms with Crippen molar-refractivity contribution >= 4 is 10.1 Å². The summed E-state index contributed by atoms with van der Waals surface area (Å²) in [6.07, 6.45) is 18.6. The summed E-state index contributed by atoms with van der Waals surface area (Å²) < 4.78 is 31.6. The number of allylic oxidation sites excluding steroid dienone is 3. The van der Waals surface area contributed by atoms with Crippen LogP contribution < -0.4 is 0 Å². The fourth-order valence-corrected chi connectivity index (χ4v) is 3.77. The molecule has 0 heterocycles. The van der Waals surface area contributed by atoms with Gasteiger partial charge in [0, 0.05) is 0 Å². The molecule has 1 aliphatic rings. The molecule has 0 saturated carbocycles. The number of hydrogen-bond acceptors (Lipinski definition) is 2. The molecule has 0 radical (unpaired) electrons. The normalized spacial score (nSPS) is 21.9. The first-order valence-electron chi connectivity index (χ1n) is 8.74. The molecule has 4 heteroatoms. The highest BCUT2D eigenvalue weighted by atomic mass is 32.2. The average Bonchev–Trinajstić information content (AvgIpc) is 2.44. The summed E-state index contributed by atoms with van der Waals surface area (Å²) in [7, 11) is -4.07. The third-order valence-electron chi connectivity index (χ3n) is 4.51. The van der Waals surface area contributed by atoms with Gasteiger partial charge in [0.2, 0.25) is 0 Å². The van der Waals surface area contributed by atoms with Crippen LogP contribution in [0, 0.1) is 5.41 Å². The second-order valence-electron chi connectivity index (χ2n) is 6.86. The van der Waals surface area contributed by atoms with Crippen LogP contribution in [-0.2, 0) is 10.1 Å². The molecule has 128 valence electrons. The van der Waals surface area contributed by atoms with Crippen LogP contribution in [0.2, 0.25) is 0 Å². The lowest BCUT2D eigenvalue weighted by molar-refractivity contribution is 0.368. The fraction of sp³-hybridized carbons (Fsp3) is 0.778.